The van der Waals surface area contributed by atoms with E-state index in [4.69, 9.17) is 4.74 Å². The predicted molar refractivity (Wildman–Crippen MR) is 119 cm³/mol. The van der Waals surface area contributed by atoms with Crippen LogP contribution in [0, 0.1) is 13.8 Å². The molecular weight excluding hydrogens is 490 g/mol. The van der Waals surface area contributed by atoms with Gasteiger partial charge in [0.2, 0.25) is 0 Å². The number of carbonyl (C=O) groups excluding carboxylic acids is 2. The van der Waals surface area contributed by atoms with Gasteiger partial charge >= 0.3 is 18.3 Å². The van der Waals surface area contributed by atoms with Gasteiger partial charge in [-0.2, -0.15) is 26.3 Å². The summed E-state index contributed by atoms with van der Waals surface area (Å²) in [5, 5.41) is 0. The van der Waals surface area contributed by atoms with Crippen molar-refractivity contribution in [3.8, 4) is 0 Å². The van der Waals surface area contributed by atoms with Crippen LogP contribution < -0.4 is 0 Å². The molecule has 5 nitrogen and oxygen atoms in total. The summed E-state index contributed by atoms with van der Waals surface area (Å²) in [5.41, 5.74) is -0.887. The Kier molecular flexibility index (Phi) is 8.02. The van der Waals surface area contributed by atoms with Crippen LogP contribution in [0.3, 0.4) is 0 Å². The summed E-state index contributed by atoms with van der Waals surface area (Å²) in [5.74, 6) is -1.43. The Labute approximate surface area is 204 Å². The summed E-state index contributed by atoms with van der Waals surface area (Å²) >= 11 is 0. The standard InChI is InChI=1S/C25H26F6N2O3/c1-15-4-5-17(8-16(15)2)9-21-13-32(14-22(34)36-3)6-7-33(21)23(35)18-10-19(24(26,27)28)12-20(11-18)25(29,30)31/h4-5,8,10-12,21H,6-7,9,13-14H2,1-3H3. The molecule has 1 heterocycles. The molecule has 11 heteroatoms. The molecule has 1 atom stereocenters. The number of methoxy groups -OCH3 is 1. The lowest BCUT2D eigenvalue weighted by molar-refractivity contribution is -0.143. The molecule has 3 rings (SSSR count). The van der Waals surface area contributed by atoms with Gasteiger partial charge in [-0.05, 0) is 55.2 Å². The van der Waals surface area contributed by atoms with Crippen molar-refractivity contribution in [2.45, 2.75) is 38.7 Å². The van der Waals surface area contributed by atoms with Crippen LogP contribution >= 0.6 is 0 Å². The molecule has 0 aromatic heterocycles. The molecule has 1 saturated heterocycles. The Bertz CT molecular complexity index is 1100. The van der Waals surface area contributed by atoms with Crippen molar-refractivity contribution in [2.24, 2.45) is 0 Å². The normalized spacial score (nSPS) is 17.2. The van der Waals surface area contributed by atoms with Gasteiger partial charge in [0, 0.05) is 31.2 Å². The molecule has 1 unspecified atom stereocenters. The first kappa shape index (κ1) is 27.5. The lowest BCUT2D eigenvalue weighted by atomic mass is 9.97. The number of hydrogen-bond donors (Lipinski definition) is 0. The second kappa shape index (κ2) is 10.5. The first-order valence-corrected chi connectivity index (χ1v) is 11.1. The highest BCUT2D eigenvalue weighted by Gasteiger charge is 2.39. The van der Waals surface area contributed by atoms with E-state index in [1.807, 2.05) is 32.0 Å². The highest BCUT2D eigenvalue weighted by Crippen LogP contribution is 2.37. The van der Waals surface area contributed by atoms with E-state index in [0.29, 0.717) is 18.6 Å². The van der Waals surface area contributed by atoms with Crippen LogP contribution in [0.1, 0.15) is 38.2 Å². The van der Waals surface area contributed by atoms with Crippen LogP contribution in [0.25, 0.3) is 0 Å². The van der Waals surface area contributed by atoms with Crippen LogP contribution in [-0.2, 0) is 28.3 Å². The highest BCUT2D eigenvalue weighted by atomic mass is 19.4. The second-order valence-corrected chi connectivity index (χ2v) is 8.88. The van der Waals surface area contributed by atoms with E-state index in [2.05, 4.69) is 0 Å². The molecule has 36 heavy (non-hydrogen) atoms. The van der Waals surface area contributed by atoms with E-state index >= 15 is 0 Å². The molecule has 2 aromatic carbocycles. The monoisotopic (exact) mass is 516 g/mol. The molecule has 1 aliphatic heterocycles. The van der Waals surface area contributed by atoms with Crippen molar-refractivity contribution in [1.29, 1.82) is 0 Å². The number of carbonyl (C=O) groups is 2. The maximum absolute atomic E-state index is 13.3. The molecule has 0 N–H and O–H groups in total. The molecule has 0 spiro atoms. The van der Waals surface area contributed by atoms with Crippen molar-refractivity contribution < 1.29 is 40.7 Å². The number of rotatable bonds is 5. The highest BCUT2D eigenvalue weighted by molar-refractivity contribution is 5.95. The number of benzene rings is 2. The van der Waals surface area contributed by atoms with E-state index < -0.39 is 47.0 Å². The van der Waals surface area contributed by atoms with Gasteiger partial charge in [0.25, 0.3) is 5.91 Å². The number of alkyl halides is 6. The second-order valence-electron chi connectivity index (χ2n) is 8.88. The zero-order chi connectivity index (χ0) is 26.8. The van der Waals surface area contributed by atoms with Crippen LogP contribution in [0.5, 0.6) is 0 Å². The number of piperazine rings is 1. The SMILES string of the molecule is COC(=O)CN1CCN(C(=O)c2cc(C(F)(F)F)cc(C(F)(F)F)c2)C(Cc2ccc(C)c(C)c2)C1. The lowest BCUT2D eigenvalue weighted by Crippen LogP contribution is -2.56. The van der Waals surface area contributed by atoms with E-state index in [1.54, 1.807) is 4.90 Å². The zero-order valence-electron chi connectivity index (χ0n) is 20.0. The Hall–Kier alpha value is -3.08. The topological polar surface area (TPSA) is 49.9 Å². The molecule has 0 radical (unpaired) electrons. The fourth-order valence-electron chi connectivity index (χ4n) is 4.20. The summed E-state index contributed by atoms with van der Waals surface area (Å²) in [6, 6.07) is 5.98. The first-order valence-electron chi connectivity index (χ1n) is 11.1. The van der Waals surface area contributed by atoms with Crippen LogP contribution in [-0.4, -0.2) is 61.0 Å². The van der Waals surface area contributed by atoms with E-state index in [9.17, 15) is 35.9 Å². The number of hydrogen-bond acceptors (Lipinski definition) is 4. The molecule has 1 amide bonds. The largest absolute Gasteiger partial charge is 0.468 e. The number of halogens is 6. The number of amides is 1. The Morgan fingerprint density at radius 3 is 2.06 bits per heavy atom. The van der Waals surface area contributed by atoms with Gasteiger partial charge in [0.1, 0.15) is 0 Å². The summed E-state index contributed by atoms with van der Waals surface area (Å²) < 4.78 is 84.7. The fraction of sp³-hybridized carbons (Fsp3) is 0.440. The maximum atomic E-state index is 13.3. The lowest BCUT2D eigenvalue weighted by Gasteiger charge is -2.41. The minimum atomic E-state index is -5.06. The van der Waals surface area contributed by atoms with Crippen molar-refractivity contribution in [3.05, 3.63) is 69.8 Å². The van der Waals surface area contributed by atoms with Gasteiger partial charge in [-0.1, -0.05) is 18.2 Å². The smallest absolute Gasteiger partial charge is 0.416 e. The Morgan fingerprint density at radius 2 is 1.53 bits per heavy atom. The van der Waals surface area contributed by atoms with Crippen molar-refractivity contribution in [2.75, 3.05) is 33.3 Å². The summed E-state index contributed by atoms with van der Waals surface area (Å²) in [6.07, 6.45) is -9.82. The van der Waals surface area contributed by atoms with E-state index in [-0.39, 0.29) is 32.2 Å². The Balaban J connectivity index is 1.98. The maximum Gasteiger partial charge on any atom is 0.416 e. The first-order chi connectivity index (χ1) is 16.7. The van der Waals surface area contributed by atoms with Gasteiger partial charge in [-0.3, -0.25) is 14.5 Å². The van der Waals surface area contributed by atoms with Crippen LogP contribution in [0.2, 0.25) is 0 Å². The number of esters is 1. The predicted octanol–water partition coefficient (Wildman–Crippen LogP) is 4.88. The van der Waals surface area contributed by atoms with Crippen LogP contribution in [0.15, 0.2) is 36.4 Å². The number of nitrogens with zero attached hydrogens (tertiary/aromatic N) is 2. The van der Waals surface area contributed by atoms with Crippen molar-refractivity contribution in [1.82, 2.24) is 9.80 Å². The average molecular weight is 516 g/mol. The molecular formula is C25H26F6N2O3. The average Bonchev–Trinajstić information content (AvgIpc) is 2.79. The van der Waals surface area contributed by atoms with Gasteiger partial charge in [0.05, 0.1) is 24.8 Å². The number of ether oxygens (including phenoxy) is 1. The summed E-state index contributed by atoms with van der Waals surface area (Å²) in [4.78, 5) is 28.2. The van der Waals surface area contributed by atoms with Crippen molar-refractivity contribution in [3.63, 3.8) is 0 Å². The van der Waals surface area contributed by atoms with Gasteiger partial charge in [-0.25, -0.2) is 0 Å². The van der Waals surface area contributed by atoms with Gasteiger partial charge in [-0.15, -0.1) is 0 Å². The fourth-order valence-corrected chi connectivity index (χ4v) is 4.20. The quantitative estimate of drug-likeness (QED) is 0.420. The molecule has 1 aliphatic rings. The third kappa shape index (κ3) is 6.57. The molecule has 196 valence electrons. The molecule has 0 aliphatic carbocycles. The minimum Gasteiger partial charge on any atom is -0.468 e. The summed E-state index contributed by atoms with van der Waals surface area (Å²) in [7, 11) is 1.24. The molecule has 1 fully saturated rings. The van der Waals surface area contributed by atoms with Crippen LogP contribution in [0.4, 0.5) is 26.3 Å². The zero-order valence-corrected chi connectivity index (χ0v) is 20.0. The van der Waals surface area contributed by atoms with Gasteiger partial charge < -0.3 is 9.64 Å². The minimum absolute atomic E-state index is 0.00234. The molecule has 2 aromatic rings. The third-order valence-electron chi connectivity index (χ3n) is 6.29. The third-order valence-corrected chi connectivity index (χ3v) is 6.29. The molecule has 0 saturated carbocycles. The van der Waals surface area contributed by atoms with Crippen molar-refractivity contribution >= 4 is 11.9 Å². The van der Waals surface area contributed by atoms with E-state index in [1.165, 1.54) is 12.0 Å². The number of aryl methyl sites for hydroxylation is 2. The summed E-state index contributed by atoms with van der Waals surface area (Å²) in [6.45, 7) is 4.20. The van der Waals surface area contributed by atoms with Gasteiger partial charge in [0.15, 0.2) is 0 Å². The Morgan fingerprint density at radius 1 is 0.917 bits per heavy atom. The van der Waals surface area contributed by atoms with E-state index in [0.717, 1.165) is 16.7 Å². The molecule has 0 bridgehead atoms.